The van der Waals surface area contributed by atoms with Gasteiger partial charge < -0.3 is 0 Å². The van der Waals surface area contributed by atoms with Gasteiger partial charge in [0, 0.05) is 18.0 Å². The lowest BCUT2D eigenvalue weighted by Gasteiger charge is -2.27. The molecule has 1 heterocycles. The van der Waals surface area contributed by atoms with Crippen LogP contribution in [0.5, 0.6) is 0 Å². The zero-order valence-electron chi connectivity index (χ0n) is 8.90. The van der Waals surface area contributed by atoms with Gasteiger partial charge in [0.1, 0.15) is 6.17 Å². The lowest BCUT2D eigenvalue weighted by Crippen LogP contribution is -2.31. The van der Waals surface area contributed by atoms with Crippen LogP contribution in [0, 0.1) is 11.3 Å². The van der Waals surface area contributed by atoms with Gasteiger partial charge in [-0.1, -0.05) is 0 Å². The average molecular weight is 236 g/mol. The van der Waals surface area contributed by atoms with Crippen molar-refractivity contribution in [1.29, 1.82) is 5.26 Å². The molecule has 0 aromatic heterocycles. The first kappa shape index (κ1) is 11.4. The van der Waals surface area contributed by atoms with Gasteiger partial charge in [0.25, 0.3) is 0 Å². The summed E-state index contributed by atoms with van der Waals surface area (Å²) in [7, 11) is 0. The number of hydrogen-bond donors (Lipinski definition) is 0. The highest BCUT2D eigenvalue weighted by Gasteiger charge is 2.19. The minimum Gasteiger partial charge on any atom is -0.246 e. The summed E-state index contributed by atoms with van der Waals surface area (Å²) >= 11 is 1.57. The molecule has 0 bridgehead atoms. The van der Waals surface area contributed by atoms with Crippen molar-refractivity contribution in [2.75, 3.05) is 13.1 Å². The molecule has 1 aliphatic heterocycles. The number of nitriles is 1. The van der Waals surface area contributed by atoms with Gasteiger partial charge in [-0.25, -0.2) is 8.70 Å². The lowest BCUT2D eigenvalue weighted by atomic mass is 10.1. The maximum absolute atomic E-state index is 13.2. The molecule has 0 aliphatic carbocycles. The van der Waals surface area contributed by atoms with Crippen molar-refractivity contribution < 1.29 is 4.39 Å². The third-order valence-electron chi connectivity index (χ3n) is 2.54. The van der Waals surface area contributed by atoms with E-state index >= 15 is 0 Å². The highest BCUT2D eigenvalue weighted by molar-refractivity contribution is 7.97. The molecule has 0 amide bonds. The van der Waals surface area contributed by atoms with E-state index in [9.17, 15) is 4.39 Å². The van der Waals surface area contributed by atoms with Crippen molar-refractivity contribution in [2.45, 2.75) is 23.9 Å². The SMILES string of the molecule is N#Cc1ccc(SN2CCCC(F)C2)cc1. The van der Waals surface area contributed by atoms with Crippen molar-refractivity contribution in [3.05, 3.63) is 29.8 Å². The first-order chi connectivity index (χ1) is 7.78. The van der Waals surface area contributed by atoms with E-state index in [1.165, 1.54) is 0 Å². The molecule has 2 nitrogen and oxygen atoms in total. The summed E-state index contributed by atoms with van der Waals surface area (Å²) in [5.41, 5.74) is 0.659. The van der Waals surface area contributed by atoms with Gasteiger partial charge in [-0.15, -0.1) is 0 Å². The highest BCUT2D eigenvalue weighted by Crippen LogP contribution is 2.27. The standard InChI is InChI=1S/C12H13FN2S/c13-11-2-1-7-15(9-11)16-12-5-3-10(8-14)4-6-12/h3-6,11H,1-2,7,9H2. The molecule has 1 unspecified atom stereocenters. The molecule has 2 rings (SSSR count). The molecule has 1 atom stereocenters. The van der Waals surface area contributed by atoms with Crippen LogP contribution in [0.4, 0.5) is 4.39 Å². The molecule has 1 aromatic carbocycles. The van der Waals surface area contributed by atoms with Crippen LogP contribution in [0.15, 0.2) is 29.2 Å². The van der Waals surface area contributed by atoms with E-state index in [4.69, 9.17) is 5.26 Å². The molecular weight excluding hydrogens is 223 g/mol. The van der Waals surface area contributed by atoms with E-state index in [2.05, 4.69) is 10.4 Å². The normalized spacial score (nSPS) is 21.6. The van der Waals surface area contributed by atoms with E-state index in [0.717, 1.165) is 17.9 Å². The number of benzene rings is 1. The zero-order chi connectivity index (χ0) is 11.4. The van der Waals surface area contributed by atoms with Crippen LogP contribution in [0.3, 0.4) is 0 Å². The Morgan fingerprint density at radius 1 is 1.38 bits per heavy atom. The zero-order valence-corrected chi connectivity index (χ0v) is 9.71. The predicted octanol–water partition coefficient (Wildman–Crippen LogP) is 3.00. The van der Waals surface area contributed by atoms with Crippen LogP contribution in [0.2, 0.25) is 0 Å². The maximum Gasteiger partial charge on any atom is 0.114 e. The molecule has 0 saturated carbocycles. The Balaban J connectivity index is 1.95. The van der Waals surface area contributed by atoms with Gasteiger partial charge in [-0.05, 0) is 49.1 Å². The Labute approximate surface area is 99.2 Å². The van der Waals surface area contributed by atoms with Gasteiger partial charge in [0.05, 0.1) is 11.6 Å². The summed E-state index contributed by atoms with van der Waals surface area (Å²) in [6.07, 6.45) is 0.911. The van der Waals surface area contributed by atoms with Crippen molar-refractivity contribution in [2.24, 2.45) is 0 Å². The molecule has 4 heteroatoms. The van der Waals surface area contributed by atoms with Gasteiger partial charge >= 0.3 is 0 Å². The average Bonchev–Trinajstić information content (AvgIpc) is 2.30. The highest BCUT2D eigenvalue weighted by atomic mass is 32.2. The van der Waals surface area contributed by atoms with Crippen LogP contribution in [-0.4, -0.2) is 23.6 Å². The fraction of sp³-hybridized carbons (Fsp3) is 0.417. The Morgan fingerprint density at radius 2 is 2.12 bits per heavy atom. The number of halogens is 1. The molecule has 0 N–H and O–H groups in total. The van der Waals surface area contributed by atoms with E-state index < -0.39 is 6.17 Å². The molecular formula is C12H13FN2S. The predicted molar refractivity (Wildman–Crippen MR) is 62.7 cm³/mol. The quantitative estimate of drug-likeness (QED) is 0.739. The Hall–Kier alpha value is -1.05. The molecule has 16 heavy (non-hydrogen) atoms. The Morgan fingerprint density at radius 3 is 2.75 bits per heavy atom. The molecule has 1 aromatic rings. The summed E-state index contributed by atoms with van der Waals surface area (Å²) < 4.78 is 15.2. The van der Waals surface area contributed by atoms with Gasteiger partial charge in [0.2, 0.25) is 0 Å². The molecule has 0 spiro atoms. The number of rotatable bonds is 2. The monoisotopic (exact) mass is 236 g/mol. The second kappa shape index (κ2) is 5.33. The van der Waals surface area contributed by atoms with Crippen LogP contribution in [0.1, 0.15) is 18.4 Å². The van der Waals surface area contributed by atoms with Gasteiger partial charge in [-0.2, -0.15) is 5.26 Å². The Bertz CT molecular complexity index is 385. The third-order valence-corrected chi connectivity index (χ3v) is 3.62. The van der Waals surface area contributed by atoms with Crippen molar-refractivity contribution in [3.63, 3.8) is 0 Å². The molecule has 0 radical (unpaired) electrons. The maximum atomic E-state index is 13.2. The molecule has 1 fully saturated rings. The van der Waals surface area contributed by atoms with E-state index in [-0.39, 0.29) is 0 Å². The van der Waals surface area contributed by atoms with E-state index in [1.54, 1.807) is 24.1 Å². The third kappa shape index (κ3) is 2.97. The largest absolute Gasteiger partial charge is 0.246 e. The number of alkyl halides is 1. The van der Waals surface area contributed by atoms with Crippen molar-refractivity contribution in [3.8, 4) is 6.07 Å². The molecule has 84 valence electrons. The topological polar surface area (TPSA) is 27.0 Å². The summed E-state index contributed by atoms with van der Waals surface area (Å²) in [6.45, 7) is 1.44. The van der Waals surface area contributed by atoms with Crippen molar-refractivity contribution in [1.82, 2.24) is 4.31 Å². The van der Waals surface area contributed by atoms with Gasteiger partial charge in [0.15, 0.2) is 0 Å². The summed E-state index contributed by atoms with van der Waals surface area (Å²) in [5.74, 6) is 0. The first-order valence-corrected chi connectivity index (χ1v) is 6.12. The first-order valence-electron chi connectivity index (χ1n) is 5.35. The number of hydrogen-bond acceptors (Lipinski definition) is 3. The van der Waals surface area contributed by atoms with Crippen LogP contribution in [0.25, 0.3) is 0 Å². The van der Waals surface area contributed by atoms with Crippen LogP contribution < -0.4 is 0 Å². The minimum absolute atomic E-state index is 0.505. The van der Waals surface area contributed by atoms with Crippen LogP contribution in [-0.2, 0) is 0 Å². The second-order valence-corrected chi connectivity index (χ2v) is 5.03. The Kier molecular flexibility index (Phi) is 3.81. The summed E-state index contributed by atoms with van der Waals surface area (Å²) in [6, 6.07) is 9.48. The number of piperidine rings is 1. The summed E-state index contributed by atoms with van der Waals surface area (Å²) in [4.78, 5) is 1.06. The van der Waals surface area contributed by atoms with Gasteiger partial charge in [-0.3, -0.25) is 0 Å². The second-order valence-electron chi connectivity index (χ2n) is 3.85. The smallest absolute Gasteiger partial charge is 0.114 e. The lowest BCUT2D eigenvalue weighted by molar-refractivity contribution is 0.213. The van der Waals surface area contributed by atoms with Crippen LogP contribution >= 0.6 is 11.9 Å². The minimum atomic E-state index is -0.695. The fourth-order valence-electron chi connectivity index (χ4n) is 1.71. The summed E-state index contributed by atoms with van der Waals surface area (Å²) in [5, 5.41) is 8.67. The van der Waals surface area contributed by atoms with E-state index in [0.29, 0.717) is 18.5 Å². The van der Waals surface area contributed by atoms with E-state index in [1.807, 2.05) is 12.1 Å². The fourth-order valence-corrected chi connectivity index (χ4v) is 2.73. The molecule has 1 saturated heterocycles. The number of nitrogens with zero attached hydrogens (tertiary/aromatic N) is 2. The molecule has 1 aliphatic rings. The van der Waals surface area contributed by atoms with Crippen molar-refractivity contribution >= 4 is 11.9 Å².